The Morgan fingerprint density at radius 2 is 1.59 bits per heavy atom. The van der Waals surface area contributed by atoms with E-state index in [1.165, 1.54) is 13.8 Å². The first kappa shape index (κ1) is 15.0. The lowest BCUT2D eigenvalue weighted by Gasteiger charge is -1.96. The van der Waals surface area contributed by atoms with Crippen molar-refractivity contribution in [2.24, 2.45) is 0 Å². The van der Waals surface area contributed by atoms with Crippen LogP contribution in [0, 0.1) is 0 Å². The molecule has 0 atom stereocenters. The van der Waals surface area contributed by atoms with Crippen LogP contribution in [0.3, 0.4) is 0 Å². The molecule has 0 saturated carbocycles. The van der Waals surface area contributed by atoms with E-state index < -0.39 is 0 Å². The first-order valence-corrected chi connectivity index (χ1v) is 5.07. The van der Waals surface area contributed by atoms with Gasteiger partial charge in [0.2, 0.25) is 0 Å². The Hall–Kier alpha value is -1.97. The van der Waals surface area contributed by atoms with Gasteiger partial charge in [0, 0.05) is 5.56 Å². The van der Waals surface area contributed by atoms with E-state index >= 15 is 0 Å². The Morgan fingerprint density at radius 3 is 1.82 bits per heavy atom. The second-order valence-corrected chi connectivity index (χ2v) is 3.47. The lowest BCUT2D eigenvalue weighted by Crippen LogP contribution is -1.97. The summed E-state index contributed by atoms with van der Waals surface area (Å²) in [5.41, 5.74) is 0.667. The van der Waals surface area contributed by atoms with E-state index in [-0.39, 0.29) is 18.0 Å². The Labute approximate surface area is 101 Å². The number of hydrogen-bond acceptors (Lipinski definition) is 4. The summed E-state index contributed by atoms with van der Waals surface area (Å²) in [6.07, 6.45) is 0.888. The number of carbonyl (C=O) groups excluding carboxylic acids is 3. The predicted octanol–water partition coefficient (Wildman–Crippen LogP) is 2.06. The van der Waals surface area contributed by atoms with Gasteiger partial charge in [-0.05, 0) is 38.1 Å². The van der Waals surface area contributed by atoms with Crippen LogP contribution in [-0.2, 0) is 9.59 Å². The fourth-order valence-corrected chi connectivity index (χ4v) is 1.03. The van der Waals surface area contributed by atoms with Crippen molar-refractivity contribution in [3.8, 4) is 5.75 Å². The zero-order valence-electron chi connectivity index (χ0n) is 10.2. The summed E-state index contributed by atoms with van der Waals surface area (Å²) in [6.45, 7) is 2.81. The molecule has 0 N–H and O–H groups in total. The monoisotopic (exact) mass is 236 g/mol. The highest BCUT2D eigenvalue weighted by Gasteiger charge is 1.94. The van der Waals surface area contributed by atoms with Crippen LogP contribution in [0.1, 0.15) is 30.6 Å². The Morgan fingerprint density at radius 1 is 1.12 bits per heavy atom. The molecular weight excluding hydrogens is 220 g/mol. The van der Waals surface area contributed by atoms with E-state index in [4.69, 9.17) is 4.74 Å². The van der Waals surface area contributed by atoms with Crippen LogP contribution in [0.15, 0.2) is 24.3 Å². The molecule has 0 aliphatic heterocycles. The van der Waals surface area contributed by atoms with E-state index in [1.807, 2.05) is 0 Å². The molecule has 0 amide bonds. The van der Waals surface area contributed by atoms with Gasteiger partial charge >= 0.3 is 0 Å². The minimum Gasteiger partial charge on any atom is -0.497 e. The number of ether oxygens (including phenoxy) is 1. The third-order valence-corrected chi connectivity index (χ3v) is 1.75. The quantitative estimate of drug-likeness (QED) is 0.593. The summed E-state index contributed by atoms with van der Waals surface area (Å²) in [5, 5.41) is 0. The number of carbonyl (C=O) groups is 3. The summed E-state index contributed by atoms with van der Waals surface area (Å²) in [5.74, 6) is 0.644. The highest BCUT2D eigenvalue weighted by molar-refractivity contribution is 5.96. The maximum atomic E-state index is 10.2. The Balaban J connectivity index is 0.000000325. The third-order valence-electron chi connectivity index (χ3n) is 1.75. The van der Waals surface area contributed by atoms with Crippen molar-refractivity contribution in [2.75, 3.05) is 7.11 Å². The average Bonchev–Trinajstić information content (AvgIpc) is 2.28. The lowest BCUT2D eigenvalue weighted by atomic mass is 10.2. The zero-order valence-corrected chi connectivity index (χ0v) is 10.2. The molecule has 0 heterocycles. The molecule has 0 aromatic heterocycles. The second-order valence-electron chi connectivity index (χ2n) is 3.47. The van der Waals surface area contributed by atoms with E-state index in [9.17, 15) is 14.4 Å². The van der Waals surface area contributed by atoms with Crippen molar-refractivity contribution in [1.82, 2.24) is 0 Å². The first-order valence-electron chi connectivity index (χ1n) is 5.07. The molecule has 0 spiro atoms. The molecule has 1 aromatic rings. The van der Waals surface area contributed by atoms with Crippen molar-refractivity contribution in [3.05, 3.63) is 29.8 Å². The van der Waals surface area contributed by atoms with Crippen LogP contribution in [0.5, 0.6) is 5.75 Å². The van der Waals surface area contributed by atoms with Crippen molar-refractivity contribution in [1.29, 1.82) is 0 Å². The molecule has 0 aliphatic carbocycles. The molecule has 4 nitrogen and oxygen atoms in total. The van der Waals surface area contributed by atoms with E-state index in [0.717, 1.165) is 12.0 Å². The standard InChI is InChI=1S/C8H8O2.C5H8O2/c1-10-8-4-2-7(6-9)3-5-8;1-4(6)3-5(2)7/h2-6H,1H3;3H2,1-2H3. The normalized spacial score (nSPS) is 8.65. The Kier molecular flexibility index (Phi) is 7.26. The first-order chi connectivity index (χ1) is 7.99. The number of methoxy groups -OCH3 is 1. The molecule has 92 valence electrons. The van der Waals surface area contributed by atoms with Gasteiger partial charge in [-0.15, -0.1) is 0 Å². The van der Waals surface area contributed by atoms with Gasteiger partial charge in [-0.25, -0.2) is 0 Å². The minimum absolute atomic E-state index is 0.0625. The van der Waals surface area contributed by atoms with Gasteiger partial charge in [-0.3, -0.25) is 14.4 Å². The maximum absolute atomic E-state index is 10.2. The number of Topliss-reactive ketones (excluding diaryl/α,β-unsaturated/α-hetero) is 2. The van der Waals surface area contributed by atoms with Crippen LogP contribution in [0.2, 0.25) is 0 Å². The summed E-state index contributed by atoms with van der Waals surface area (Å²) < 4.78 is 4.90. The molecule has 4 heteroatoms. The fourth-order valence-electron chi connectivity index (χ4n) is 1.03. The fraction of sp³-hybridized carbons (Fsp3) is 0.308. The van der Waals surface area contributed by atoms with Crippen molar-refractivity contribution in [3.63, 3.8) is 0 Å². The van der Waals surface area contributed by atoms with Gasteiger partial charge in [-0.2, -0.15) is 0 Å². The molecular formula is C13H16O4. The zero-order chi connectivity index (χ0) is 13.3. The van der Waals surface area contributed by atoms with Crippen LogP contribution >= 0.6 is 0 Å². The highest BCUT2D eigenvalue weighted by atomic mass is 16.5. The molecule has 1 aromatic carbocycles. The maximum Gasteiger partial charge on any atom is 0.150 e. The molecule has 0 bridgehead atoms. The molecule has 17 heavy (non-hydrogen) atoms. The smallest absolute Gasteiger partial charge is 0.150 e. The minimum atomic E-state index is -0.0625. The molecule has 0 unspecified atom stereocenters. The predicted molar refractivity (Wildman–Crippen MR) is 64.4 cm³/mol. The number of ketones is 2. The van der Waals surface area contributed by atoms with E-state index in [2.05, 4.69) is 0 Å². The Bertz CT molecular complexity index is 367. The highest BCUT2D eigenvalue weighted by Crippen LogP contribution is 2.09. The van der Waals surface area contributed by atoms with E-state index in [1.54, 1.807) is 31.4 Å². The molecule has 0 aliphatic rings. The number of aldehydes is 1. The van der Waals surface area contributed by atoms with Gasteiger partial charge in [0.05, 0.1) is 13.5 Å². The van der Waals surface area contributed by atoms with Gasteiger partial charge in [0.1, 0.15) is 23.6 Å². The third kappa shape index (κ3) is 7.90. The molecule has 0 saturated heterocycles. The van der Waals surface area contributed by atoms with Gasteiger partial charge in [-0.1, -0.05) is 0 Å². The average molecular weight is 236 g/mol. The molecule has 0 radical (unpaired) electrons. The lowest BCUT2D eigenvalue weighted by molar-refractivity contribution is -0.124. The van der Waals surface area contributed by atoms with Crippen LogP contribution in [0.4, 0.5) is 0 Å². The van der Waals surface area contributed by atoms with Crippen LogP contribution < -0.4 is 4.74 Å². The summed E-state index contributed by atoms with van der Waals surface area (Å²) >= 11 is 0. The van der Waals surface area contributed by atoms with Crippen LogP contribution in [0.25, 0.3) is 0 Å². The number of rotatable bonds is 4. The molecule has 1 rings (SSSR count). The van der Waals surface area contributed by atoms with Crippen molar-refractivity contribution >= 4 is 17.9 Å². The van der Waals surface area contributed by atoms with Gasteiger partial charge in [0.15, 0.2) is 0 Å². The van der Waals surface area contributed by atoms with Crippen molar-refractivity contribution in [2.45, 2.75) is 20.3 Å². The SMILES string of the molecule is CC(=O)CC(C)=O.COc1ccc(C=O)cc1. The second kappa shape index (κ2) is 8.21. The van der Waals surface area contributed by atoms with Crippen molar-refractivity contribution < 1.29 is 19.1 Å². The van der Waals surface area contributed by atoms with Gasteiger partial charge < -0.3 is 4.74 Å². The summed E-state index contributed by atoms with van der Waals surface area (Å²) in [6, 6.07) is 6.94. The number of benzene rings is 1. The summed E-state index contributed by atoms with van der Waals surface area (Å²) in [4.78, 5) is 30.2. The largest absolute Gasteiger partial charge is 0.497 e. The molecule has 0 fully saturated rings. The number of hydrogen-bond donors (Lipinski definition) is 0. The topological polar surface area (TPSA) is 60.4 Å². The summed E-state index contributed by atoms with van der Waals surface area (Å²) in [7, 11) is 1.59. The van der Waals surface area contributed by atoms with Gasteiger partial charge in [0.25, 0.3) is 0 Å². The van der Waals surface area contributed by atoms with Crippen LogP contribution in [-0.4, -0.2) is 25.0 Å². The van der Waals surface area contributed by atoms with E-state index in [0.29, 0.717) is 5.56 Å².